The molecule has 0 aliphatic carbocycles. The topological polar surface area (TPSA) is 55.2 Å². The van der Waals surface area contributed by atoms with Gasteiger partial charge in [0.25, 0.3) is 0 Å². The van der Waals surface area contributed by atoms with Crippen molar-refractivity contribution in [2.45, 2.75) is 31.8 Å². The predicted molar refractivity (Wildman–Crippen MR) is 102 cm³/mol. The standard InChI is InChI=1S/C20H21F2N3O2S/c1-14-20(15(2)24(3)23-14)28(26,27)25(12-16-6-4-8-18(21)10-16)13-17-7-5-9-19(22)11-17/h4-11H,12-13H2,1-3H3. The Morgan fingerprint density at radius 3 is 1.86 bits per heavy atom. The molecule has 1 aromatic heterocycles. The molecule has 148 valence electrons. The molecule has 0 radical (unpaired) electrons. The van der Waals surface area contributed by atoms with Crippen LogP contribution in [0.25, 0.3) is 0 Å². The third-order valence-electron chi connectivity index (χ3n) is 4.54. The lowest BCUT2D eigenvalue weighted by molar-refractivity contribution is 0.399. The van der Waals surface area contributed by atoms with E-state index in [0.717, 1.165) is 0 Å². The van der Waals surface area contributed by atoms with E-state index in [1.165, 1.54) is 45.4 Å². The van der Waals surface area contributed by atoms with Crippen molar-refractivity contribution in [3.63, 3.8) is 0 Å². The zero-order valence-electron chi connectivity index (χ0n) is 15.9. The van der Waals surface area contributed by atoms with Crippen LogP contribution in [0.1, 0.15) is 22.5 Å². The van der Waals surface area contributed by atoms with E-state index in [9.17, 15) is 17.2 Å². The van der Waals surface area contributed by atoms with Crippen LogP contribution in [0, 0.1) is 25.5 Å². The minimum atomic E-state index is -3.96. The van der Waals surface area contributed by atoms with Gasteiger partial charge >= 0.3 is 0 Å². The van der Waals surface area contributed by atoms with Crippen molar-refractivity contribution in [3.8, 4) is 0 Å². The lowest BCUT2D eigenvalue weighted by Gasteiger charge is -2.23. The monoisotopic (exact) mass is 405 g/mol. The summed E-state index contributed by atoms with van der Waals surface area (Å²) in [6, 6.07) is 11.5. The Morgan fingerprint density at radius 2 is 1.46 bits per heavy atom. The molecule has 8 heteroatoms. The second-order valence-corrected chi connectivity index (χ2v) is 8.53. The molecule has 1 heterocycles. The van der Waals surface area contributed by atoms with Gasteiger partial charge in [-0.3, -0.25) is 4.68 Å². The number of hydrogen-bond acceptors (Lipinski definition) is 3. The van der Waals surface area contributed by atoms with Gasteiger partial charge in [-0.25, -0.2) is 17.2 Å². The predicted octanol–water partition coefficient (Wildman–Crippen LogP) is 3.71. The van der Waals surface area contributed by atoms with Crippen LogP contribution in [0.2, 0.25) is 0 Å². The smallest absolute Gasteiger partial charge is 0.247 e. The molecule has 0 saturated carbocycles. The molecule has 0 fully saturated rings. The Labute approximate surface area is 163 Å². The maximum atomic E-state index is 13.6. The maximum absolute atomic E-state index is 13.6. The van der Waals surface area contributed by atoms with Crippen LogP contribution in [0.4, 0.5) is 8.78 Å². The summed E-state index contributed by atoms with van der Waals surface area (Å²) in [6.07, 6.45) is 0. The van der Waals surface area contributed by atoms with Crippen LogP contribution in [-0.2, 0) is 30.2 Å². The van der Waals surface area contributed by atoms with Gasteiger partial charge in [-0.2, -0.15) is 9.40 Å². The van der Waals surface area contributed by atoms with E-state index >= 15 is 0 Å². The molecule has 0 spiro atoms. The summed E-state index contributed by atoms with van der Waals surface area (Å²) >= 11 is 0. The van der Waals surface area contributed by atoms with Crippen LogP contribution in [0.3, 0.4) is 0 Å². The molecule has 28 heavy (non-hydrogen) atoms. The SMILES string of the molecule is Cc1nn(C)c(C)c1S(=O)(=O)N(Cc1cccc(F)c1)Cc1cccc(F)c1. The quantitative estimate of drug-likeness (QED) is 0.628. The third kappa shape index (κ3) is 4.13. The van der Waals surface area contributed by atoms with Gasteiger partial charge in [0.15, 0.2) is 0 Å². The first-order valence-corrected chi connectivity index (χ1v) is 10.1. The molecule has 0 aliphatic rings. The van der Waals surface area contributed by atoms with Gasteiger partial charge < -0.3 is 0 Å². The molecule has 0 N–H and O–H groups in total. The van der Waals surface area contributed by atoms with Gasteiger partial charge in [0.2, 0.25) is 10.0 Å². The van der Waals surface area contributed by atoms with E-state index in [0.29, 0.717) is 22.5 Å². The average Bonchev–Trinajstić information content (AvgIpc) is 2.87. The molecule has 0 unspecified atom stereocenters. The minimum Gasteiger partial charge on any atom is -0.271 e. The fourth-order valence-corrected chi connectivity index (χ4v) is 4.98. The second kappa shape index (κ2) is 7.81. The largest absolute Gasteiger partial charge is 0.271 e. The Hall–Kier alpha value is -2.58. The molecule has 5 nitrogen and oxygen atoms in total. The van der Waals surface area contributed by atoms with E-state index < -0.39 is 21.7 Å². The summed E-state index contributed by atoms with van der Waals surface area (Å²) in [7, 11) is -2.29. The molecular formula is C20H21F2N3O2S. The number of halogens is 2. The second-order valence-electron chi connectivity index (χ2n) is 6.66. The first-order chi connectivity index (χ1) is 13.2. The number of hydrogen-bond donors (Lipinski definition) is 0. The fourth-order valence-electron chi connectivity index (χ4n) is 3.16. The summed E-state index contributed by atoms with van der Waals surface area (Å²) in [5, 5.41) is 4.19. The maximum Gasteiger partial charge on any atom is 0.247 e. The first-order valence-electron chi connectivity index (χ1n) is 8.67. The molecule has 0 bridgehead atoms. The molecule has 0 atom stereocenters. The Morgan fingerprint density at radius 1 is 0.964 bits per heavy atom. The third-order valence-corrected chi connectivity index (χ3v) is 6.58. The molecule has 3 aromatic rings. The molecule has 0 saturated heterocycles. The lowest BCUT2D eigenvalue weighted by Crippen LogP contribution is -2.31. The highest BCUT2D eigenvalue weighted by molar-refractivity contribution is 7.89. The van der Waals surface area contributed by atoms with Gasteiger partial charge in [0, 0.05) is 20.1 Å². The van der Waals surface area contributed by atoms with E-state index in [1.54, 1.807) is 33.0 Å². The van der Waals surface area contributed by atoms with E-state index in [4.69, 9.17) is 0 Å². The van der Waals surface area contributed by atoms with Crippen LogP contribution < -0.4 is 0 Å². The number of sulfonamides is 1. The van der Waals surface area contributed by atoms with E-state index in [2.05, 4.69) is 5.10 Å². The number of benzene rings is 2. The van der Waals surface area contributed by atoms with Gasteiger partial charge in [-0.15, -0.1) is 0 Å². The number of aromatic nitrogens is 2. The van der Waals surface area contributed by atoms with Gasteiger partial charge in [-0.1, -0.05) is 24.3 Å². The van der Waals surface area contributed by atoms with Crippen molar-refractivity contribution in [3.05, 3.63) is 82.7 Å². The van der Waals surface area contributed by atoms with Gasteiger partial charge in [0.05, 0.1) is 11.4 Å². The van der Waals surface area contributed by atoms with Crippen molar-refractivity contribution >= 4 is 10.0 Å². The molecule has 2 aromatic carbocycles. The molecule has 3 rings (SSSR count). The number of nitrogens with zero attached hydrogens (tertiary/aromatic N) is 3. The molecule has 0 amide bonds. The normalized spacial score (nSPS) is 11.9. The summed E-state index contributed by atoms with van der Waals surface area (Å²) in [4.78, 5) is 0.114. The van der Waals surface area contributed by atoms with Crippen molar-refractivity contribution in [2.24, 2.45) is 7.05 Å². The van der Waals surface area contributed by atoms with Crippen LogP contribution >= 0.6 is 0 Å². The minimum absolute atomic E-state index is 0.0512. The van der Waals surface area contributed by atoms with E-state index in [-0.39, 0.29) is 18.0 Å². The average molecular weight is 405 g/mol. The summed E-state index contributed by atoms with van der Waals surface area (Å²) < 4.78 is 56.9. The summed E-state index contributed by atoms with van der Waals surface area (Å²) in [5.74, 6) is -0.899. The molecular weight excluding hydrogens is 384 g/mol. The zero-order valence-corrected chi connectivity index (χ0v) is 16.7. The van der Waals surface area contributed by atoms with Gasteiger partial charge in [-0.05, 0) is 49.2 Å². The van der Waals surface area contributed by atoms with Crippen molar-refractivity contribution in [2.75, 3.05) is 0 Å². The lowest BCUT2D eigenvalue weighted by atomic mass is 10.2. The Bertz CT molecular complexity index is 1060. The highest BCUT2D eigenvalue weighted by atomic mass is 32.2. The van der Waals surface area contributed by atoms with E-state index in [1.807, 2.05) is 0 Å². The Balaban J connectivity index is 2.06. The van der Waals surface area contributed by atoms with Crippen LogP contribution in [0.5, 0.6) is 0 Å². The zero-order chi connectivity index (χ0) is 20.5. The van der Waals surface area contributed by atoms with Crippen molar-refractivity contribution in [1.82, 2.24) is 14.1 Å². The van der Waals surface area contributed by atoms with Crippen LogP contribution in [-0.4, -0.2) is 22.5 Å². The van der Waals surface area contributed by atoms with Crippen LogP contribution in [0.15, 0.2) is 53.4 Å². The first kappa shape index (κ1) is 20.2. The number of aryl methyl sites for hydroxylation is 2. The molecule has 0 aliphatic heterocycles. The summed E-state index contributed by atoms with van der Waals surface area (Å²) in [5.41, 5.74) is 1.88. The van der Waals surface area contributed by atoms with Gasteiger partial charge in [0.1, 0.15) is 16.5 Å². The number of rotatable bonds is 6. The van der Waals surface area contributed by atoms with Crippen molar-refractivity contribution in [1.29, 1.82) is 0 Å². The summed E-state index contributed by atoms with van der Waals surface area (Å²) in [6.45, 7) is 3.20. The fraction of sp³-hybridized carbons (Fsp3) is 0.250. The highest BCUT2D eigenvalue weighted by Crippen LogP contribution is 2.26. The Kier molecular flexibility index (Phi) is 5.62. The highest BCUT2D eigenvalue weighted by Gasteiger charge is 2.31. The van der Waals surface area contributed by atoms with Crippen molar-refractivity contribution < 1.29 is 17.2 Å².